The topological polar surface area (TPSA) is 175 Å². The van der Waals surface area contributed by atoms with Crippen molar-refractivity contribution in [1.82, 2.24) is 34.9 Å². The van der Waals surface area contributed by atoms with Crippen molar-refractivity contribution in [3.63, 3.8) is 0 Å². The smallest absolute Gasteiger partial charge is 0.328 e. The molecule has 16 heteroatoms. The van der Waals surface area contributed by atoms with Crippen LogP contribution in [-0.4, -0.2) is 117 Å². The van der Waals surface area contributed by atoms with Crippen LogP contribution in [0, 0.1) is 6.92 Å². The number of carbonyl (C=O) groups excluding carboxylic acids is 3. The maximum Gasteiger partial charge on any atom is 0.328 e. The first-order valence-electron chi connectivity index (χ1n) is 22.2. The molecule has 0 radical (unpaired) electrons. The number of aromatic hydroxyl groups is 1. The molecule has 5 aromatic rings. The Morgan fingerprint density at radius 1 is 0.968 bits per heavy atom. The second-order valence-electron chi connectivity index (χ2n) is 17.9. The highest BCUT2D eigenvalue weighted by molar-refractivity contribution is 6.06. The minimum Gasteiger partial charge on any atom is -0.507 e. The number of hydrogen-bond acceptors (Lipinski definition) is 11. The molecule has 63 heavy (non-hydrogen) atoms. The van der Waals surface area contributed by atoms with Crippen LogP contribution in [0.5, 0.6) is 5.75 Å². The Balaban J connectivity index is 0.738. The van der Waals surface area contributed by atoms with Crippen LogP contribution in [0.25, 0.3) is 22.3 Å². The molecule has 1 aliphatic carbocycles. The number of nitrogen functional groups attached to an aromatic ring is 1. The van der Waals surface area contributed by atoms with E-state index in [9.17, 15) is 19.5 Å². The Hall–Kier alpha value is -6.13. The third-order valence-corrected chi connectivity index (χ3v) is 13.7. The SMILES string of the molecule is Cc1cc(C(=O)N2CCC(F)(CN3CCC(n4cc(C5CC5)c5cc(N6CCC(=O)NC6=O)cnc54)CC3)CC2)ccc1[C@@H]1CN(c2cc(-c3ccccc3O)nnc2N)CCO1. The fourth-order valence-electron chi connectivity index (χ4n) is 10.0. The van der Waals surface area contributed by atoms with Gasteiger partial charge in [0.15, 0.2) is 5.82 Å². The summed E-state index contributed by atoms with van der Waals surface area (Å²) >= 11 is 0. The van der Waals surface area contributed by atoms with Gasteiger partial charge in [-0.1, -0.05) is 18.2 Å². The van der Waals surface area contributed by atoms with E-state index in [1.54, 1.807) is 34.2 Å². The van der Waals surface area contributed by atoms with Crippen LogP contribution in [0.4, 0.5) is 26.4 Å². The zero-order valence-electron chi connectivity index (χ0n) is 35.5. The Morgan fingerprint density at radius 2 is 1.76 bits per heavy atom. The molecule has 4 amide bonds. The van der Waals surface area contributed by atoms with Crippen LogP contribution in [0.3, 0.4) is 0 Å². The van der Waals surface area contributed by atoms with Crippen LogP contribution >= 0.6 is 0 Å². The van der Waals surface area contributed by atoms with Gasteiger partial charge in [-0.3, -0.25) is 19.8 Å². The second-order valence-corrected chi connectivity index (χ2v) is 17.9. The number of amides is 4. The van der Waals surface area contributed by atoms with Crippen molar-refractivity contribution in [2.75, 3.05) is 74.5 Å². The predicted octanol–water partition coefficient (Wildman–Crippen LogP) is 6.27. The average Bonchev–Trinajstić information content (AvgIpc) is 4.07. The number of fused-ring (bicyclic) bond motifs is 1. The molecule has 0 unspecified atom stereocenters. The van der Waals surface area contributed by atoms with E-state index < -0.39 is 11.7 Å². The van der Waals surface area contributed by atoms with E-state index in [-0.39, 0.29) is 36.1 Å². The molecular formula is C47H53FN10O5. The van der Waals surface area contributed by atoms with Gasteiger partial charge in [0.05, 0.1) is 29.9 Å². The number of nitrogens with one attached hydrogen (secondary N) is 1. The van der Waals surface area contributed by atoms with Gasteiger partial charge in [0.2, 0.25) is 5.91 Å². The third-order valence-electron chi connectivity index (χ3n) is 13.7. The third kappa shape index (κ3) is 8.17. The molecule has 4 saturated heterocycles. The first kappa shape index (κ1) is 40.9. The number of hydrogen-bond donors (Lipinski definition) is 3. The first-order valence-corrected chi connectivity index (χ1v) is 22.2. The predicted molar refractivity (Wildman–Crippen MR) is 237 cm³/mol. The molecule has 4 N–H and O–H groups in total. The lowest BCUT2D eigenvalue weighted by atomic mass is 9.91. The summed E-state index contributed by atoms with van der Waals surface area (Å²) in [5.74, 6) is 0.544. The second kappa shape index (κ2) is 16.5. The number of pyridine rings is 1. The lowest BCUT2D eigenvalue weighted by Crippen LogP contribution is -2.51. The van der Waals surface area contributed by atoms with Gasteiger partial charge in [-0.25, -0.2) is 14.2 Å². The summed E-state index contributed by atoms with van der Waals surface area (Å²) in [5, 5.41) is 22.3. The van der Waals surface area contributed by atoms with Crippen LogP contribution in [0.1, 0.15) is 90.1 Å². The monoisotopic (exact) mass is 856 g/mol. The van der Waals surface area contributed by atoms with Crippen molar-refractivity contribution in [3.8, 4) is 17.0 Å². The highest BCUT2D eigenvalue weighted by Gasteiger charge is 2.39. The maximum atomic E-state index is 16.5. The number of phenols is 1. The van der Waals surface area contributed by atoms with Crippen molar-refractivity contribution in [2.45, 2.75) is 75.6 Å². The molecule has 1 saturated carbocycles. The highest BCUT2D eigenvalue weighted by atomic mass is 19.1. The molecule has 5 fully saturated rings. The van der Waals surface area contributed by atoms with Gasteiger partial charge >= 0.3 is 6.03 Å². The number of nitrogens with zero attached hydrogens (tertiary/aromatic N) is 8. The van der Waals surface area contributed by atoms with Crippen molar-refractivity contribution in [2.24, 2.45) is 0 Å². The molecule has 3 aromatic heterocycles. The molecular weight excluding hydrogens is 804 g/mol. The number of piperidine rings is 2. The zero-order chi connectivity index (χ0) is 43.4. The fraction of sp³-hybridized carbons (Fsp3) is 0.447. The Kier molecular flexibility index (Phi) is 10.7. The van der Waals surface area contributed by atoms with E-state index in [2.05, 4.69) is 36.1 Å². The summed E-state index contributed by atoms with van der Waals surface area (Å²) in [6.45, 7) is 6.53. The molecule has 0 spiro atoms. The van der Waals surface area contributed by atoms with E-state index >= 15 is 4.39 Å². The molecule has 1 atom stereocenters. The lowest BCUT2D eigenvalue weighted by molar-refractivity contribution is -0.120. The van der Waals surface area contributed by atoms with Gasteiger partial charge in [-0.2, -0.15) is 0 Å². The summed E-state index contributed by atoms with van der Waals surface area (Å²) in [7, 11) is 0. The zero-order valence-corrected chi connectivity index (χ0v) is 35.5. The van der Waals surface area contributed by atoms with E-state index in [0.29, 0.717) is 98.6 Å². The minimum atomic E-state index is -1.37. The molecule has 5 aliphatic rings. The number of benzene rings is 2. The number of phenolic OH excluding ortho intramolecular Hbond substituents is 1. The number of likely N-dealkylation sites (tertiary alicyclic amines) is 2. The average molecular weight is 857 g/mol. The van der Waals surface area contributed by atoms with Gasteiger partial charge in [-0.05, 0) is 91.6 Å². The number of imide groups is 1. The van der Waals surface area contributed by atoms with Gasteiger partial charge < -0.3 is 34.8 Å². The molecule has 2 aromatic carbocycles. The quantitative estimate of drug-likeness (QED) is 0.152. The number of anilines is 3. The van der Waals surface area contributed by atoms with Gasteiger partial charge in [0.25, 0.3) is 5.91 Å². The number of halogens is 1. The molecule has 10 rings (SSSR count). The summed E-state index contributed by atoms with van der Waals surface area (Å²) < 4.78 is 25.0. The standard InChI is InChI=1S/C47H53FN10O5/c1-29-22-31(8-9-34(29)41-27-56(20-21-63-41)39-24-38(52-53-43(39)49)35-4-2-3-5-40(35)59)45(61)55-18-13-47(48,14-19-55)28-54-15-10-32(11-16-54)58-26-37(30-6-7-30)36-23-33(25-50-44(36)58)57-17-12-42(60)51-46(57)62/h2-5,8-9,22-26,30,32,41,59H,6-7,10-21,27-28H2,1H3,(H2,49,53)(H,51,60,62)/t41-/m0/s1. The fourth-order valence-corrected chi connectivity index (χ4v) is 10.0. The number of nitrogens with two attached hydrogens (primary N) is 1. The lowest BCUT2D eigenvalue weighted by Gasteiger charge is -2.41. The number of carbonyl (C=O) groups is 3. The number of alkyl halides is 1. The van der Waals surface area contributed by atoms with Gasteiger partial charge in [0, 0.05) is 100 Å². The molecule has 7 heterocycles. The van der Waals surface area contributed by atoms with E-state index in [1.165, 1.54) is 5.56 Å². The molecule has 4 aliphatic heterocycles. The molecule has 15 nitrogen and oxygen atoms in total. The maximum absolute atomic E-state index is 16.5. The number of ether oxygens (including phenoxy) is 1. The minimum absolute atomic E-state index is 0.0921. The van der Waals surface area contributed by atoms with E-state index in [1.807, 2.05) is 43.3 Å². The largest absolute Gasteiger partial charge is 0.507 e. The number of para-hydroxylation sites is 1. The molecule has 0 bridgehead atoms. The highest BCUT2D eigenvalue weighted by Crippen LogP contribution is 2.46. The summed E-state index contributed by atoms with van der Waals surface area (Å²) in [6, 6.07) is 16.4. The normalized spacial score (nSPS) is 21.2. The number of aryl methyl sites for hydroxylation is 1. The number of rotatable bonds is 9. The van der Waals surface area contributed by atoms with Gasteiger partial charge in [0.1, 0.15) is 23.2 Å². The van der Waals surface area contributed by atoms with Crippen LogP contribution < -0.4 is 20.9 Å². The van der Waals surface area contributed by atoms with E-state index in [4.69, 9.17) is 15.5 Å². The summed E-state index contributed by atoms with van der Waals surface area (Å²) in [5.41, 5.74) is 12.1. The van der Waals surface area contributed by atoms with Crippen molar-refractivity contribution in [3.05, 3.63) is 89.2 Å². The van der Waals surface area contributed by atoms with Crippen LogP contribution in [-0.2, 0) is 9.53 Å². The van der Waals surface area contributed by atoms with Crippen LogP contribution in [0.15, 0.2) is 67.0 Å². The Labute approximate surface area is 365 Å². The number of urea groups is 1. The van der Waals surface area contributed by atoms with Crippen molar-refractivity contribution < 1.29 is 28.6 Å². The summed E-state index contributed by atoms with van der Waals surface area (Å²) in [6.07, 6.45) is 8.60. The first-order chi connectivity index (χ1) is 30.5. The number of aromatic nitrogens is 4. The van der Waals surface area contributed by atoms with Crippen LogP contribution in [0.2, 0.25) is 0 Å². The Bertz CT molecular complexity index is 2580. The molecule has 328 valence electrons. The Morgan fingerprint density at radius 3 is 2.51 bits per heavy atom. The number of morpholine rings is 1. The summed E-state index contributed by atoms with van der Waals surface area (Å²) in [4.78, 5) is 50.7. The van der Waals surface area contributed by atoms with E-state index in [0.717, 1.165) is 60.9 Å². The van der Waals surface area contributed by atoms with Gasteiger partial charge in [-0.15, -0.1) is 10.2 Å². The van der Waals surface area contributed by atoms with Crippen molar-refractivity contribution >= 4 is 46.1 Å². The van der Waals surface area contributed by atoms with Crippen molar-refractivity contribution in [1.29, 1.82) is 0 Å².